The molecule has 0 aromatic heterocycles. The predicted molar refractivity (Wildman–Crippen MR) is 96.5 cm³/mol. The summed E-state index contributed by atoms with van der Waals surface area (Å²) < 4.78 is 0. The quantitative estimate of drug-likeness (QED) is 0.499. The third kappa shape index (κ3) is 4.58. The summed E-state index contributed by atoms with van der Waals surface area (Å²) in [5.74, 6) is 0.935. The Morgan fingerprint density at radius 2 is 2.00 bits per heavy atom. The van der Waals surface area contributed by atoms with Gasteiger partial charge in [0.05, 0.1) is 0 Å². The molecule has 1 fully saturated rings. The molecule has 2 aliphatic rings. The second-order valence-corrected chi connectivity index (χ2v) is 6.49. The topological polar surface area (TPSA) is 39.7 Å². The van der Waals surface area contributed by atoms with Gasteiger partial charge in [-0.05, 0) is 37.8 Å². The molecule has 1 unspecified atom stereocenters. The summed E-state index contributed by atoms with van der Waals surface area (Å²) in [5, 5.41) is 7.04. The first kappa shape index (κ1) is 16.1. The van der Waals surface area contributed by atoms with E-state index in [4.69, 9.17) is 0 Å². The minimum absolute atomic E-state index is 0.505. The minimum atomic E-state index is 0.505. The summed E-state index contributed by atoms with van der Waals surface area (Å²) in [6, 6.07) is 11.9. The Bertz CT molecular complexity index is 530. The van der Waals surface area contributed by atoms with E-state index in [0.717, 1.165) is 31.9 Å². The van der Waals surface area contributed by atoms with Crippen LogP contribution in [0.5, 0.6) is 0 Å². The maximum absolute atomic E-state index is 4.37. The lowest BCUT2D eigenvalue weighted by Crippen LogP contribution is -2.47. The van der Waals surface area contributed by atoms with Crippen LogP contribution >= 0.6 is 0 Å². The molecule has 0 amide bonds. The first-order valence-electron chi connectivity index (χ1n) is 8.75. The largest absolute Gasteiger partial charge is 0.355 e. The van der Waals surface area contributed by atoms with Crippen molar-refractivity contribution in [2.24, 2.45) is 4.99 Å². The zero-order chi connectivity index (χ0) is 15.9. The summed E-state index contributed by atoms with van der Waals surface area (Å²) in [6.07, 6.45) is 9.24. The van der Waals surface area contributed by atoms with Crippen LogP contribution in [0, 0.1) is 0 Å². The van der Waals surface area contributed by atoms with Crippen LogP contribution in [-0.4, -0.2) is 43.1 Å². The molecular weight excluding hydrogens is 284 g/mol. The summed E-state index contributed by atoms with van der Waals surface area (Å²) in [5.41, 5.74) is 1.40. The number of hydrogen-bond donors (Lipinski definition) is 2. The summed E-state index contributed by atoms with van der Waals surface area (Å²) in [6.45, 7) is 3.21. The lowest BCUT2D eigenvalue weighted by molar-refractivity contribution is 0.245. The van der Waals surface area contributed by atoms with Crippen molar-refractivity contribution in [2.45, 2.75) is 44.3 Å². The fraction of sp³-hybridized carbons (Fsp3) is 0.526. The number of benzene rings is 1. The van der Waals surface area contributed by atoms with Crippen molar-refractivity contribution in [1.82, 2.24) is 15.5 Å². The molecular formula is C19H28N4. The van der Waals surface area contributed by atoms with Crippen LogP contribution in [0.1, 0.15) is 31.2 Å². The Hall–Kier alpha value is -1.81. The van der Waals surface area contributed by atoms with Crippen LogP contribution in [0.3, 0.4) is 0 Å². The van der Waals surface area contributed by atoms with Gasteiger partial charge in [-0.2, -0.15) is 0 Å². The van der Waals surface area contributed by atoms with Gasteiger partial charge in [0.2, 0.25) is 0 Å². The van der Waals surface area contributed by atoms with Gasteiger partial charge in [0.1, 0.15) is 0 Å². The molecule has 1 aliphatic heterocycles. The van der Waals surface area contributed by atoms with Crippen molar-refractivity contribution in [2.75, 3.05) is 20.1 Å². The van der Waals surface area contributed by atoms with E-state index in [2.05, 4.69) is 63.0 Å². The smallest absolute Gasteiger partial charge is 0.191 e. The molecule has 0 radical (unpaired) electrons. The Balaban J connectivity index is 1.48. The molecule has 1 heterocycles. The second-order valence-electron chi connectivity index (χ2n) is 6.49. The number of aliphatic imine (C=N–C) groups is 1. The molecule has 1 aromatic rings. The van der Waals surface area contributed by atoms with Gasteiger partial charge in [-0.15, -0.1) is 0 Å². The maximum atomic E-state index is 4.37. The average molecular weight is 312 g/mol. The molecule has 124 valence electrons. The van der Waals surface area contributed by atoms with E-state index in [1.54, 1.807) is 0 Å². The van der Waals surface area contributed by atoms with Crippen LogP contribution in [0.25, 0.3) is 0 Å². The molecule has 0 spiro atoms. The molecule has 0 saturated carbocycles. The SMILES string of the molecule is CN=C(NCC1CCCN1Cc1ccccc1)NC1CC=CC1. The van der Waals surface area contributed by atoms with Crippen LogP contribution in [0.15, 0.2) is 47.5 Å². The Morgan fingerprint density at radius 3 is 2.74 bits per heavy atom. The van der Waals surface area contributed by atoms with E-state index in [-0.39, 0.29) is 0 Å². The summed E-state index contributed by atoms with van der Waals surface area (Å²) in [4.78, 5) is 6.96. The lowest BCUT2D eigenvalue weighted by atomic mass is 10.2. The fourth-order valence-corrected chi connectivity index (χ4v) is 3.49. The number of hydrogen-bond acceptors (Lipinski definition) is 2. The van der Waals surface area contributed by atoms with Gasteiger partial charge in [-0.1, -0.05) is 42.5 Å². The Labute approximate surface area is 139 Å². The van der Waals surface area contributed by atoms with E-state index >= 15 is 0 Å². The van der Waals surface area contributed by atoms with Crippen molar-refractivity contribution in [3.05, 3.63) is 48.0 Å². The van der Waals surface area contributed by atoms with Gasteiger partial charge >= 0.3 is 0 Å². The van der Waals surface area contributed by atoms with Crippen LogP contribution in [-0.2, 0) is 6.54 Å². The molecule has 1 saturated heterocycles. The normalized spacial score (nSPS) is 22.7. The Morgan fingerprint density at radius 1 is 1.22 bits per heavy atom. The maximum Gasteiger partial charge on any atom is 0.191 e. The first-order chi connectivity index (χ1) is 11.3. The highest BCUT2D eigenvalue weighted by Crippen LogP contribution is 2.19. The van der Waals surface area contributed by atoms with Crippen molar-refractivity contribution in [3.63, 3.8) is 0 Å². The van der Waals surface area contributed by atoms with E-state index in [0.29, 0.717) is 12.1 Å². The highest BCUT2D eigenvalue weighted by Gasteiger charge is 2.24. The number of guanidine groups is 1. The molecule has 1 aromatic carbocycles. The average Bonchev–Trinajstić information content (AvgIpc) is 3.24. The van der Waals surface area contributed by atoms with Crippen LogP contribution in [0.4, 0.5) is 0 Å². The molecule has 4 nitrogen and oxygen atoms in total. The number of nitrogens with zero attached hydrogens (tertiary/aromatic N) is 2. The fourth-order valence-electron chi connectivity index (χ4n) is 3.49. The van der Waals surface area contributed by atoms with Gasteiger partial charge in [-0.25, -0.2) is 0 Å². The van der Waals surface area contributed by atoms with E-state index in [9.17, 15) is 0 Å². The number of rotatable bonds is 5. The lowest BCUT2D eigenvalue weighted by Gasteiger charge is -2.26. The molecule has 1 atom stereocenters. The van der Waals surface area contributed by atoms with Crippen LogP contribution < -0.4 is 10.6 Å². The molecule has 0 bridgehead atoms. The summed E-state index contributed by atoms with van der Waals surface area (Å²) >= 11 is 0. The number of nitrogens with one attached hydrogen (secondary N) is 2. The van der Waals surface area contributed by atoms with E-state index < -0.39 is 0 Å². The highest BCUT2D eigenvalue weighted by molar-refractivity contribution is 5.80. The van der Waals surface area contributed by atoms with E-state index in [1.165, 1.54) is 24.9 Å². The first-order valence-corrected chi connectivity index (χ1v) is 8.75. The predicted octanol–water partition coefficient (Wildman–Crippen LogP) is 2.53. The Kier molecular flexibility index (Phi) is 5.70. The van der Waals surface area contributed by atoms with Gasteiger partial charge in [0, 0.05) is 32.2 Å². The van der Waals surface area contributed by atoms with Crippen molar-refractivity contribution < 1.29 is 0 Å². The standard InChI is InChI=1S/C19H28N4/c1-20-19(22-17-10-5-6-11-17)21-14-18-12-7-13-23(18)15-16-8-3-2-4-9-16/h2-6,8-9,17-18H,7,10-15H2,1H3,(H2,20,21,22). The van der Waals surface area contributed by atoms with Crippen molar-refractivity contribution in [1.29, 1.82) is 0 Å². The van der Waals surface area contributed by atoms with E-state index in [1.807, 2.05) is 7.05 Å². The van der Waals surface area contributed by atoms with Crippen molar-refractivity contribution in [3.8, 4) is 0 Å². The molecule has 4 heteroatoms. The van der Waals surface area contributed by atoms with Gasteiger partial charge in [-0.3, -0.25) is 9.89 Å². The monoisotopic (exact) mass is 312 g/mol. The third-order valence-electron chi connectivity index (χ3n) is 4.81. The van der Waals surface area contributed by atoms with Gasteiger partial charge in [0.25, 0.3) is 0 Å². The van der Waals surface area contributed by atoms with Gasteiger partial charge in [0.15, 0.2) is 5.96 Å². The molecule has 23 heavy (non-hydrogen) atoms. The zero-order valence-corrected chi connectivity index (χ0v) is 14.0. The second kappa shape index (κ2) is 8.16. The zero-order valence-electron chi connectivity index (χ0n) is 14.0. The molecule has 2 N–H and O–H groups in total. The van der Waals surface area contributed by atoms with Gasteiger partial charge < -0.3 is 10.6 Å². The third-order valence-corrected chi connectivity index (χ3v) is 4.81. The van der Waals surface area contributed by atoms with Crippen LogP contribution in [0.2, 0.25) is 0 Å². The highest BCUT2D eigenvalue weighted by atomic mass is 15.2. The molecule has 3 rings (SSSR count). The minimum Gasteiger partial charge on any atom is -0.355 e. The molecule has 1 aliphatic carbocycles. The number of likely N-dealkylation sites (tertiary alicyclic amines) is 1. The van der Waals surface area contributed by atoms with Crippen molar-refractivity contribution >= 4 is 5.96 Å². The summed E-state index contributed by atoms with van der Waals surface area (Å²) in [7, 11) is 1.86.